The first kappa shape index (κ1) is 63.4. The number of pyridine rings is 1. The molecule has 0 saturated heterocycles. The predicted molar refractivity (Wildman–Crippen MR) is 246 cm³/mol. The smallest absolute Gasteiger partial charge is 0.416 e. The van der Waals surface area contributed by atoms with Crippen LogP contribution in [0.3, 0.4) is 0 Å². The molecule has 438 valence electrons. The average molecular weight is 1200 g/mol. The van der Waals surface area contributed by atoms with Crippen LogP contribution in [-0.2, 0) is 60.7 Å². The lowest BCUT2D eigenvalue weighted by atomic mass is 9.12. The van der Waals surface area contributed by atoms with Crippen molar-refractivity contribution in [3.05, 3.63) is 195 Å². The maximum absolute atomic E-state index is 14.2. The average Bonchev–Trinajstić information content (AvgIpc) is 3.34. The highest BCUT2D eigenvalue weighted by atomic mass is 19.4. The molecule has 1 aromatic heterocycles. The van der Waals surface area contributed by atoms with Crippen molar-refractivity contribution in [2.45, 2.75) is 75.9 Å². The highest BCUT2D eigenvalue weighted by Crippen LogP contribution is 2.41. The van der Waals surface area contributed by atoms with Crippen molar-refractivity contribution in [1.29, 1.82) is 0 Å². The van der Waals surface area contributed by atoms with Gasteiger partial charge in [-0.2, -0.15) is 132 Å². The Morgan fingerprint density at radius 1 is 0.390 bits per heavy atom. The molecule has 0 bridgehead atoms. The van der Waals surface area contributed by atoms with Crippen LogP contribution in [0.5, 0.6) is 0 Å². The third-order valence-corrected chi connectivity index (χ3v) is 12.3. The molecule has 0 radical (unpaired) electrons. The summed E-state index contributed by atoms with van der Waals surface area (Å²) in [6.45, 7) is 3.85. The number of halogens is 24. The Balaban J connectivity index is 0.000000357. The van der Waals surface area contributed by atoms with Crippen molar-refractivity contribution in [2.24, 2.45) is 0 Å². The summed E-state index contributed by atoms with van der Waals surface area (Å²) in [7, 11) is 0. The first-order valence-electron chi connectivity index (χ1n) is 22.9. The molecule has 0 N–H and O–H groups in total. The van der Waals surface area contributed by atoms with E-state index in [4.69, 9.17) is 4.74 Å². The number of hydrogen-bond acceptors (Lipinski definition) is 3. The van der Waals surface area contributed by atoms with Crippen LogP contribution in [0.25, 0.3) is 10.8 Å². The van der Waals surface area contributed by atoms with Gasteiger partial charge in [-0.15, -0.1) is 0 Å². The fourth-order valence-corrected chi connectivity index (χ4v) is 8.68. The molecular formula is C53H32BF24NO3. The lowest BCUT2D eigenvalue weighted by molar-refractivity contribution is -0.681. The minimum atomic E-state index is -6.13. The van der Waals surface area contributed by atoms with Crippen molar-refractivity contribution >= 4 is 50.5 Å². The van der Waals surface area contributed by atoms with E-state index >= 15 is 0 Å². The largest absolute Gasteiger partial charge is 0.459 e. The minimum absolute atomic E-state index is 0.0101. The number of aromatic nitrogens is 1. The van der Waals surface area contributed by atoms with E-state index in [0.717, 1.165) is 10.8 Å². The zero-order valence-corrected chi connectivity index (χ0v) is 40.9. The van der Waals surface area contributed by atoms with Crippen molar-refractivity contribution in [3.63, 3.8) is 0 Å². The number of ketones is 1. The normalized spacial score (nSPS) is 13.3. The van der Waals surface area contributed by atoms with Crippen LogP contribution in [0.4, 0.5) is 105 Å². The maximum Gasteiger partial charge on any atom is 0.416 e. The number of benzene rings is 6. The van der Waals surface area contributed by atoms with Gasteiger partial charge in [0.25, 0.3) is 0 Å². The highest BCUT2D eigenvalue weighted by Gasteiger charge is 2.47. The molecule has 29 heteroatoms. The molecule has 7 aromatic rings. The second-order valence-corrected chi connectivity index (χ2v) is 18.4. The summed E-state index contributed by atoms with van der Waals surface area (Å²) in [4.78, 5) is 24.3. The standard InChI is InChI=1S/C32H12BF24.C21H20NO3/c34-25(35,36)13-1-14(26(37,38)39)6-21(5-13)33(22-7-15(27(40,41)42)2-16(8-22)28(43,44)45,23-9-17(29(46,47)48)3-18(10-23)30(49,50)51)24-11-19(31(52,53)54)4-20(12-24)32(55,56)57;1-15(2)25-21(24)18-9-7-17(8-10-18)20(23)14-22-12-11-16-5-3-4-6-19(16)13-22/h1-12H;3-13,15H,14H2,1-2H3/q-1;+1. The Labute approximate surface area is 445 Å². The number of ether oxygens (including phenoxy) is 1. The number of carbonyl (C=O) groups excluding carboxylic acids is 2. The monoisotopic (exact) mass is 1200 g/mol. The lowest BCUT2D eigenvalue weighted by Gasteiger charge is -2.46. The summed E-state index contributed by atoms with van der Waals surface area (Å²) in [6, 6.07) is 7.80. The van der Waals surface area contributed by atoms with E-state index in [1.54, 1.807) is 38.1 Å². The van der Waals surface area contributed by atoms with Crippen LogP contribution in [0.1, 0.15) is 79.1 Å². The second-order valence-electron chi connectivity index (χ2n) is 18.4. The van der Waals surface area contributed by atoms with Crippen LogP contribution < -0.4 is 26.4 Å². The third kappa shape index (κ3) is 14.6. The fourth-order valence-electron chi connectivity index (χ4n) is 8.68. The number of esters is 1. The van der Waals surface area contributed by atoms with E-state index in [1.807, 2.05) is 47.3 Å². The first-order valence-corrected chi connectivity index (χ1v) is 22.9. The summed E-state index contributed by atoms with van der Waals surface area (Å²) in [5, 5.41) is 2.23. The Morgan fingerprint density at radius 3 is 0.927 bits per heavy atom. The molecule has 7 rings (SSSR count). The molecule has 0 amide bonds. The van der Waals surface area contributed by atoms with Gasteiger partial charge in [0.05, 0.1) is 56.2 Å². The Hall–Kier alpha value is -7.75. The minimum Gasteiger partial charge on any atom is -0.459 e. The van der Waals surface area contributed by atoms with Crippen molar-refractivity contribution in [3.8, 4) is 0 Å². The van der Waals surface area contributed by atoms with E-state index in [0.29, 0.717) is 11.1 Å². The molecule has 6 aromatic carbocycles. The molecule has 4 nitrogen and oxygen atoms in total. The van der Waals surface area contributed by atoms with Gasteiger partial charge in [0.15, 0.2) is 12.4 Å². The molecule has 82 heavy (non-hydrogen) atoms. The van der Waals surface area contributed by atoms with Gasteiger partial charge < -0.3 is 4.74 Å². The fraction of sp³-hybridized carbons (Fsp3) is 0.226. The zero-order valence-electron chi connectivity index (χ0n) is 40.9. The van der Waals surface area contributed by atoms with Gasteiger partial charge in [-0.1, -0.05) is 78.9 Å². The number of alkyl halides is 24. The zero-order chi connectivity index (χ0) is 61.7. The second kappa shape index (κ2) is 22.2. The van der Waals surface area contributed by atoms with E-state index in [1.165, 1.54) is 0 Å². The van der Waals surface area contributed by atoms with Crippen molar-refractivity contribution < 1.29 is 124 Å². The molecule has 0 spiro atoms. The summed E-state index contributed by atoms with van der Waals surface area (Å²) >= 11 is 0. The van der Waals surface area contributed by atoms with Gasteiger partial charge >= 0.3 is 55.4 Å². The topological polar surface area (TPSA) is 47.3 Å². The van der Waals surface area contributed by atoms with Gasteiger partial charge in [0.2, 0.25) is 12.3 Å². The van der Waals surface area contributed by atoms with Crippen LogP contribution in [-0.4, -0.2) is 24.0 Å². The van der Waals surface area contributed by atoms with E-state index in [9.17, 15) is 115 Å². The van der Waals surface area contributed by atoms with E-state index in [-0.39, 0.29) is 24.4 Å². The molecule has 1 heterocycles. The molecule has 0 unspecified atom stereocenters. The molecule has 0 saturated carbocycles. The number of rotatable bonds is 9. The Bertz CT molecular complexity index is 3060. The number of carbonyl (C=O) groups is 2. The number of Topliss-reactive ketones (excluding diaryl/α,β-unsaturated/α-hetero) is 1. The maximum atomic E-state index is 14.2. The quantitative estimate of drug-likeness (QED) is 0.0476. The molecular weight excluding hydrogens is 1170 g/mol. The van der Waals surface area contributed by atoms with Gasteiger partial charge in [0.1, 0.15) is 6.15 Å². The molecule has 0 atom stereocenters. The van der Waals surface area contributed by atoms with Gasteiger partial charge in [0, 0.05) is 17.0 Å². The number of fused-ring (bicyclic) bond motifs is 1. The number of nitrogens with zero attached hydrogens (tertiary/aromatic N) is 1. The highest BCUT2D eigenvalue weighted by molar-refractivity contribution is 7.20. The van der Waals surface area contributed by atoms with Gasteiger partial charge in [-0.3, -0.25) is 4.79 Å². The van der Waals surface area contributed by atoms with Gasteiger partial charge in [-0.25, -0.2) is 4.79 Å². The van der Waals surface area contributed by atoms with Gasteiger partial charge in [-0.05, 0) is 61.7 Å². The first-order chi connectivity index (χ1) is 37.3. The predicted octanol–water partition coefficient (Wildman–Crippen LogP) is 14.8. The summed E-state index contributed by atoms with van der Waals surface area (Å²) < 4.78 is 348. The lowest BCUT2D eigenvalue weighted by Crippen LogP contribution is -2.75. The van der Waals surface area contributed by atoms with Crippen LogP contribution in [0, 0.1) is 0 Å². The van der Waals surface area contributed by atoms with Crippen LogP contribution >= 0.6 is 0 Å². The third-order valence-electron chi connectivity index (χ3n) is 12.3. The number of hydrogen-bond donors (Lipinski definition) is 0. The SMILES string of the molecule is CC(C)OC(=O)c1ccc(C(=O)C[n+]2ccc3ccccc3c2)cc1.FC(F)(F)c1cc([B-](c2cc(C(F)(F)F)cc(C(F)(F)F)c2)(c2cc(C(F)(F)F)cc(C(F)(F)F)c2)c2cc(C(F)(F)F)cc(C(F)(F)F)c2)cc(C(F)(F)F)c1. The van der Waals surface area contributed by atoms with Crippen LogP contribution in [0.15, 0.2) is 140 Å². The Kier molecular flexibility index (Phi) is 17.2. The molecule has 0 aliphatic rings. The summed E-state index contributed by atoms with van der Waals surface area (Å²) in [5.74, 6) is -0.387. The summed E-state index contributed by atoms with van der Waals surface area (Å²) in [6.07, 6.45) is -51.1. The van der Waals surface area contributed by atoms with Crippen LogP contribution in [0.2, 0.25) is 0 Å². The van der Waals surface area contributed by atoms with Crippen molar-refractivity contribution in [2.75, 3.05) is 0 Å². The summed E-state index contributed by atoms with van der Waals surface area (Å²) in [5.41, 5.74) is -29.2. The van der Waals surface area contributed by atoms with E-state index < -0.39 is 195 Å². The molecule has 0 fully saturated rings. The molecule has 0 aliphatic carbocycles. The Morgan fingerprint density at radius 2 is 0.659 bits per heavy atom. The van der Waals surface area contributed by atoms with Crippen molar-refractivity contribution in [1.82, 2.24) is 0 Å². The molecule has 0 aliphatic heterocycles. The van der Waals surface area contributed by atoms with E-state index in [2.05, 4.69) is 0 Å².